The molecule has 14 heteroatoms. The van der Waals surface area contributed by atoms with E-state index in [1.807, 2.05) is 11.0 Å². The van der Waals surface area contributed by atoms with Gasteiger partial charge in [-0.2, -0.15) is 9.78 Å². The number of piperazine rings is 1. The summed E-state index contributed by atoms with van der Waals surface area (Å²) in [7, 11) is 0. The number of benzene rings is 2. The summed E-state index contributed by atoms with van der Waals surface area (Å²) in [6.07, 6.45) is 0.895. The number of alkyl halides is 1. The van der Waals surface area contributed by atoms with E-state index in [1.54, 1.807) is 19.1 Å². The fourth-order valence-corrected chi connectivity index (χ4v) is 5.72. The molecule has 1 aliphatic carbocycles. The van der Waals surface area contributed by atoms with Gasteiger partial charge in [-0.05, 0) is 37.5 Å². The van der Waals surface area contributed by atoms with Crippen LogP contribution < -0.4 is 19.9 Å². The molecule has 0 spiro atoms. The normalized spacial score (nSPS) is 19.5. The fraction of sp³-hybridized carbons (Fsp3) is 0.407. The second-order valence-electron chi connectivity index (χ2n) is 10.1. The zero-order valence-electron chi connectivity index (χ0n) is 22.3. The lowest BCUT2D eigenvalue weighted by Crippen LogP contribution is -2.45. The quantitative estimate of drug-likeness (QED) is 0.220. The molecule has 2 fully saturated rings. The zero-order chi connectivity index (χ0) is 29.1. The smallest absolute Gasteiger partial charge is 0.316 e. The molecule has 2 unspecified atom stereocenters. The molecular formula is C27H29F3N6O4S. The molecule has 0 radical (unpaired) electrons. The Labute approximate surface area is 238 Å². The van der Waals surface area contributed by atoms with Crippen molar-refractivity contribution in [3.8, 4) is 11.4 Å². The number of nitro groups is 1. The largest absolute Gasteiger partial charge is 0.483 e. The van der Waals surface area contributed by atoms with Gasteiger partial charge in [-0.25, -0.2) is 22.2 Å². The molecule has 1 aromatic heterocycles. The number of halogens is 3. The van der Waals surface area contributed by atoms with Gasteiger partial charge in [-0.1, -0.05) is 12.1 Å². The Balaban J connectivity index is 1.28. The number of anilines is 1. The molecule has 2 aliphatic rings. The average molecular weight is 591 g/mol. The lowest BCUT2D eigenvalue weighted by molar-refractivity contribution is -0.385. The second kappa shape index (κ2) is 12.5. The third kappa shape index (κ3) is 6.82. The summed E-state index contributed by atoms with van der Waals surface area (Å²) in [6, 6.07) is 7.85. The topological polar surface area (TPSA) is 106 Å². The Morgan fingerprint density at radius 3 is 2.51 bits per heavy atom. The monoisotopic (exact) mass is 590 g/mol. The predicted octanol–water partition coefficient (Wildman–Crippen LogP) is 4.47. The maximum Gasteiger partial charge on any atom is 0.316 e. The number of nitrogens with one attached hydrogen (secondary N) is 1. The van der Waals surface area contributed by atoms with Crippen LogP contribution in [0.5, 0.6) is 5.75 Å². The van der Waals surface area contributed by atoms with E-state index < -0.39 is 34.4 Å². The van der Waals surface area contributed by atoms with Crippen molar-refractivity contribution in [2.75, 3.05) is 31.1 Å². The van der Waals surface area contributed by atoms with Crippen molar-refractivity contribution in [2.45, 2.75) is 45.0 Å². The number of rotatable bonds is 9. The molecule has 1 aliphatic heterocycles. The summed E-state index contributed by atoms with van der Waals surface area (Å²) in [6.45, 7) is 4.40. The summed E-state index contributed by atoms with van der Waals surface area (Å²) in [4.78, 5) is 26.3. The van der Waals surface area contributed by atoms with Crippen molar-refractivity contribution in [3.63, 3.8) is 0 Å². The molecule has 41 heavy (non-hydrogen) atoms. The predicted molar refractivity (Wildman–Crippen MR) is 149 cm³/mol. The Bertz CT molecular complexity index is 1460. The van der Waals surface area contributed by atoms with Crippen molar-refractivity contribution in [3.05, 3.63) is 85.8 Å². The molecule has 3 aromatic rings. The molecule has 2 aromatic carbocycles. The molecule has 5 rings (SSSR count). The maximum atomic E-state index is 13.9. The first-order valence-corrected chi connectivity index (χ1v) is 14.0. The van der Waals surface area contributed by atoms with Gasteiger partial charge in [0.1, 0.15) is 29.6 Å². The first-order valence-electron chi connectivity index (χ1n) is 13.2. The number of aryl methyl sites for hydroxylation is 1. The van der Waals surface area contributed by atoms with Gasteiger partial charge in [-0.3, -0.25) is 14.9 Å². The molecule has 1 N–H and O–H groups in total. The minimum Gasteiger partial charge on any atom is -0.483 e. The highest BCUT2D eigenvalue weighted by molar-refractivity contribution is 7.95. The van der Waals surface area contributed by atoms with Gasteiger partial charge < -0.3 is 9.64 Å². The van der Waals surface area contributed by atoms with Gasteiger partial charge in [0, 0.05) is 69.0 Å². The lowest BCUT2D eigenvalue weighted by Gasteiger charge is -2.35. The molecular weight excluding hydrogens is 561 g/mol. The van der Waals surface area contributed by atoms with Gasteiger partial charge >= 0.3 is 5.56 Å². The maximum absolute atomic E-state index is 13.9. The highest BCUT2D eigenvalue weighted by atomic mass is 32.2. The first kappa shape index (κ1) is 28.9. The summed E-state index contributed by atoms with van der Waals surface area (Å²) >= 11 is 1.41. The van der Waals surface area contributed by atoms with E-state index in [0.29, 0.717) is 62.9 Å². The SMILES string of the molecule is Cc1ccc(CNSN2CCN(c3cnn(-c4cc(F)cc(F)c4)c(=O)c3OC3CCC(F)C3)CC2)cc1[N+](=O)[O-]. The lowest BCUT2D eigenvalue weighted by atomic mass is 10.1. The van der Waals surface area contributed by atoms with E-state index in [1.165, 1.54) is 18.3 Å². The molecule has 1 saturated heterocycles. The zero-order valence-corrected chi connectivity index (χ0v) is 23.1. The Kier molecular flexibility index (Phi) is 8.80. The van der Waals surface area contributed by atoms with Crippen LogP contribution in [0.25, 0.3) is 5.69 Å². The van der Waals surface area contributed by atoms with Gasteiger partial charge in [0.05, 0.1) is 16.8 Å². The highest BCUT2D eigenvalue weighted by Crippen LogP contribution is 2.32. The van der Waals surface area contributed by atoms with Crippen molar-refractivity contribution < 1.29 is 22.8 Å². The van der Waals surface area contributed by atoms with Crippen LogP contribution in [0.1, 0.15) is 30.4 Å². The van der Waals surface area contributed by atoms with Gasteiger partial charge in [0.2, 0.25) is 5.75 Å². The number of nitro benzene ring substituents is 1. The van der Waals surface area contributed by atoms with E-state index in [4.69, 9.17) is 4.74 Å². The fourth-order valence-electron chi connectivity index (χ4n) is 4.96. The standard InChI is InChI=1S/C27H29F3N6O4S/c1-17-2-3-18(10-24(17)36(38)39)15-32-41-34-8-6-33(7-9-34)25-16-31-35(22-12-20(29)11-21(30)13-22)27(37)26(25)40-23-5-4-19(28)14-23/h2-3,10-13,16,19,23,32H,4-9,14-15H2,1H3. The van der Waals surface area contributed by atoms with Gasteiger partial charge in [-0.15, -0.1) is 0 Å². The Morgan fingerprint density at radius 1 is 1.12 bits per heavy atom. The van der Waals surface area contributed by atoms with Crippen molar-refractivity contribution >= 4 is 23.5 Å². The van der Waals surface area contributed by atoms with Crippen molar-refractivity contribution in [1.29, 1.82) is 0 Å². The molecule has 0 amide bonds. The van der Waals surface area contributed by atoms with Crippen molar-refractivity contribution in [1.82, 2.24) is 18.8 Å². The summed E-state index contributed by atoms with van der Waals surface area (Å²) in [5, 5.41) is 15.4. The van der Waals surface area contributed by atoms with Crippen LogP contribution in [0.2, 0.25) is 0 Å². The molecule has 2 heterocycles. The number of hydrogen-bond acceptors (Lipinski definition) is 9. The molecule has 218 valence electrons. The highest BCUT2D eigenvalue weighted by Gasteiger charge is 2.30. The van der Waals surface area contributed by atoms with Gasteiger partial charge in [0.25, 0.3) is 5.69 Å². The van der Waals surface area contributed by atoms with Crippen LogP contribution in [0.3, 0.4) is 0 Å². The number of aromatic nitrogens is 2. The molecule has 10 nitrogen and oxygen atoms in total. The third-order valence-corrected chi connectivity index (χ3v) is 8.03. The minimum absolute atomic E-state index is 0.0241. The van der Waals surface area contributed by atoms with Crippen LogP contribution in [0, 0.1) is 28.7 Å². The van der Waals surface area contributed by atoms with E-state index in [9.17, 15) is 28.1 Å². The van der Waals surface area contributed by atoms with E-state index in [2.05, 4.69) is 14.1 Å². The van der Waals surface area contributed by atoms with Crippen LogP contribution in [0.15, 0.2) is 47.4 Å². The Hall–Kier alpha value is -3.62. The van der Waals surface area contributed by atoms with Crippen molar-refractivity contribution in [2.24, 2.45) is 0 Å². The second-order valence-corrected chi connectivity index (χ2v) is 11.0. The third-order valence-electron chi connectivity index (χ3n) is 7.13. The van der Waals surface area contributed by atoms with Gasteiger partial charge in [0.15, 0.2) is 0 Å². The number of hydrogen-bond donors (Lipinski definition) is 1. The van der Waals surface area contributed by atoms with Crippen LogP contribution in [-0.4, -0.2) is 57.5 Å². The van der Waals surface area contributed by atoms with E-state index in [0.717, 1.165) is 22.4 Å². The first-order chi connectivity index (χ1) is 19.7. The summed E-state index contributed by atoms with van der Waals surface area (Å²) in [5.41, 5.74) is 1.16. The van der Waals surface area contributed by atoms with Crippen LogP contribution in [0.4, 0.5) is 24.5 Å². The minimum atomic E-state index is -1.01. The molecule has 2 atom stereocenters. The van der Waals surface area contributed by atoms with E-state index in [-0.39, 0.29) is 23.5 Å². The van der Waals surface area contributed by atoms with Crippen LogP contribution in [-0.2, 0) is 6.54 Å². The average Bonchev–Trinajstić information content (AvgIpc) is 3.35. The van der Waals surface area contributed by atoms with E-state index >= 15 is 0 Å². The summed E-state index contributed by atoms with van der Waals surface area (Å²) < 4.78 is 53.9. The molecule has 1 saturated carbocycles. The molecule has 0 bridgehead atoms. The summed E-state index contributed by atoms with van der Waals surface area (Å²) in [5.74, 6) is -1.72. The number of nitrogens with zero attached hydrogens (tertiary/aromatic N) is 5. The Morgan fingerprint density at radius 2 is 1.85 bits per heavy atom. The number of ether oxygens (including phenoxy) is 1. The van der Waals surface area contributed by atoms with Crippen LogP contribution >= 0.6 is 12.1 Å².